The summed E-state index contributed by atoms with van der Waals surface area (Å²) >= 11 is 1.40. The fourth-order valence-corrected chi connectivity index (χ4v) is 4.78. The van der Waals surface area contributed by atoms with Crippen LogP contribution in [0.4, 0.5) is 24.0 Å². The Morgan fingerprint density at radius 2 is 1.73 bits per heavy atom. The second-order valence-electron chi connectivity index (χ2n) is 8.89. The smallest absolute Gasteiger partial charge is 0.393 e. The number of alkyl halides is 3. The van der Waals surface area contributed by atoms with Crippen LogP contribution in [0.1, 0.15) is 27.9 Å². The number of carboxylic acids is 1. The van der Waals surface area contributed by atoms with E-state index in [0.717, 1.165) is 16.8 Å². The predicted molar refractivity (Wildman–Crippen MR) is 147 cm³/mol. The Kier molecular flexibility index (Phi) is 9.05. The van der Waals surface area contributed by atoms with E-state index in [4.69, 9.17) is 14.8 Å². The molecule has 1 amide bonds. The highest BCUT2D eigenvalue weighted by atomic mass is 32.1. The Morgan fingerprint density at radius 1 is 1.02 bits per heavy atom. The second kappa shape index (κ2) is 12.6. The molecular formula is C29H26F3N3O4S. The molecule has 0 fully saturated rings. The molecule has 4 aromatic rings. The molecule has 0 aliphatic rings. The van der Waals surface area contributed by atoms with Gasteiger partial charge in [-0.15, -0.1) is 11.3 Å². The molecule has 0 atom stereocenters. The molecule has 40 heavy (non-hydrogen) atoms. The van der Waals surface area contributed by atoms with Crippen LogP contribution < -0.4 is 15.0 Å². The largest absolute Gasteiger partial charge is 0.497 e. The number of halogens is 3. The van der Waals surface area contributed by atoms with Crippen molar-refractivity contribution in [3.63, 3.8) is 0 Å². The minimum atomic E-state index is -4.30. The third-order valence-electron chi connectivity index (χ3n) is 5.92. The third-order valence-corrected chi connectivity index (χ3v) is 6.79. The zero-order valence-electron chi connectivity index (χ0n) is 21.4. The fraction of sp³-hybridized carbons (Fsp3) is 0.207. The average molecular weight is 570 g/mol. The molecule has 7 nitrogen and oxygen atoms in total. The molecule has 0 saturated heterocycles. The number of amides is 1. The Morgan fingerprint density at radius 3 is 2.38 bits per heavy atom. The second-order valence-corrected chi connectivity index (χ2v) is 9.72. The number of nitrogens with zero attached hydrogens (tertiary/aromatic N) is 2. The Balaban J connectivity index is 1.59. The molecule has 1 heterocycles. The van der Waals surface area contributed by atoms with Gasteiger partial charge in [0, 0.05) is 28.7 Å². The van der Waals surface area contributed by atoms with Gasteiger partial charge in [-0.2, -0.15) is 13.2 Å². The number of ether oxygens (including phenoxy) is 1. The van der Waals surface area contributed by atoms with E-state index < -0.39 is 18.6 Å². The van der Waals surface area contributed by atoms with Gasteiger partial charge in [-0.3, -0.25) is 9.59 Å². The van der Waals surface area contributed by atoms with Crippen molar-refractivity contribution in [1.29, 1.82) is 0 Å². The van der Waals surface area contributed by atoms with Crippen LogP contribution in [0.15, 0.2) is 78.2 Å². The van der Waals surface area contributed by atoms with E-state index in [2.05, 4.69) is 5.32 Å². The lowest BCUT2D eigenvalue weighted by Crippen LogP contribution is -2.26. The third kappa shape index (κ3) is 7.82. The number of methoxy groups -OCH3 is 1. The highest BCUT2D eigenvalue weighted by molar-refractivity contribution is 7.14. The number of nitrogens with one attached hydrogen (secondary N) is 1. The summed E-state index contributed by atoms with van der Waals surface area (Å²) in [6.45, 7) is 0.359. The van der Waals surface area contributed by atoms with E-state index in [1.54, 1.807) is 43.5 Å². The number of benzene rings is 3. The summed E-state index contributed by atoms with van der Waals surface area (Å²) in [6.07, 6.45) is -5.49. The maximum atomic E-state index is 12.9. The van der Waals surface area contributed by atoms with Gasteiger partial charge in [-0.25, -0.2) is 4.98 Å². The van der Waals surface area contributed by atoms with Crippen LogP contribution in [0.2, 0.25) is 0 Å². The summed E-state index contributed by atoms with van der Waals surface area (Å²) in [4.78, 5) is 29.7. The van der Waals surface area contributed by atoms with Crippen molar-refractivity contribution in [2.24, 2.45) is 0 Å². The lowest BCUT2D eigenvalue weighted by atomic mass is 10.1. The van der Waals surface area contributed by atoms with E-state index >= 15 is 0 Å². The monoisotopic (exact) mass is 569 g/mol. The zero-order valence-corrected chi connectivity index (χ0v) is 22.3. The number of carboxylic acid groups (broad SMARTS) is 1. The number of aromatic nitrogens is 1. The van der Waals surface area contributed by atoms with Crippen molar-refractivity contribution in [2.45, 2.75) is 25.6 Å². The van der Waals surface area contributed by atoms with Gasteiger partial charge in [0.2, 0.25) is 0 Å². The number of carbonyl (C=O) groups is 2. The van der Waals surface area contributed by atoms with Crippen LogP contribution in [0.5, 0.6) is 5.75 Å². The fourth-order valence-electron chi connectivity index (χ4n) is 3.93. The first-order valence-corrected chi connectivity index (χ1v) is 13.1. The molecule has 208 valence electrons. The SMILES string of the molecule is COc1cccc(-c2csc(N(Cc3ccc(C(=O)NCCC(=O)O)cc3)c3ccc(CC(F)(F)F)cc3)n2)c1. The molecule has 4 rings (SSSR count). The highest BCUT2D eigenvalue weighted by Gasteiger charge is 2.27. The van der Waals surface area contributed by atoms with Crippen LogP contribution in [0.3, 0.4) is 0 Å². The van der Waals surface area contributed by atoms with Crippen LogP contribution in [0, 0.1) is 0 Å². The van der Waals surface area contributed by atoms with Gasteiger partial charge >= 0.3 is 12.1 Å². The van der Waals surface area contributed by atoms with Gasteiger partial charge < -0.3 is 20.1 Å². The highest BCUT2D eigenvalue weighted by Crippen LogP contribution is 2.35. The normalized spacial score (nSPS) is 11.2. The molecular weight excluding hydrogens is 543 g/mol. The van der Waals surface area contributed by atoms with Gasteiger partial charge in [0.15, 0.2) is 5.13 Å². The van der Waals surface area contributed by atoms with E-state index in [-0.39, 0.29) is 24.4 Å². The van der Waals surface area contributed by atoms with E-state index in [9.17, 15) is 22.8 Å². The van der Waals surface area contributed by atoms with Crippen molar-refractivity contribution in [3.8, 4) is 17.0 Å². The summed E-state index contributed by atoms with van der Waals surface area (Å²) in [6, 6.07) is 20.5. The van der Waals surface area contributed by atoms with Crippen molar-refractivity contribution < 1.29 is 32.6 Å². The zero-order chi connectivity index (χ0) is 28.7. The van der Waals surface area contributed by atoms with Crippen molar-refractivity contribution in [3.05, 3.63) is 94.9 Å². The summed E-state index contributed by atoms with van der Waals surface area (Å²) in [5.41, 5.74) is 3.62. The molecule has 0 aliphatic carbocycles. The predicted octanol–water partition coefficient (Wildman–Crippen LogP) is 6.47. The molecule has 0 bridgehead atoms. The van der Waals surface area contributed by atoms with Crippen LogP contribution in [-0.2, 0) is 17.8 Å². The molecule has 2 N–H and O–H groups in total. The van der Waals surface area contributed by atoms with Gasteiger partial charge in [0.05, 0.1) is 32.2 Å². The first kappa shape index (κ1) is 28.6. The van der Waals surface area contributed by atoms with Gasteiger partial charge in [-0.1, -0.05) is 36.4 Å². The number of rotatable bonds is 11. The minimum absolute atomic E-state index is 0.0215. The number of aliphatic carboxylic acids is 1. The standard InChI is InChI=1S/C29H26F3N3O4S/c1-39-24-4-2-3-22(15-24)25-18-40-28(34-25)35(23-11-7-19(8-12-23)16-29(30,31)32)17-20-5-9-21(10-6-20)27(38)33-14-13-26(36)37/h2-12,15,18H,13-14,16-17H2,1H3,(H,33,38)(H,36,37). The first-order valence-electron chi connectivity index (χ1n) is 12.2. The van der Waals surface area contributed by atoms with Crippen molar-refractivity contribution in [1.82, 2.24) is 10.3 Å². The lowest BCUT2D eigenvalue weighted by molar-refractivity contribution is -0.136. The molecule has 1 aromatic heterocycles. The maximum absolute atomic E-state index is 12.9. The Hall–Kier alpha value is -4.38. The molecule has 0 aliphatic heterocycles. The van der Waals surface area contributed by atoms with Crippen LogP contribution in [0.25, 0.3) is 11.3 Å². The summed E-state index contributed by atoms with van der Waals surface area (Å²) < 4.78 is 44.0. The topological polar surface area (TPSA) is 91.8 Å². The van der Waals surface area contributed by atoms with E-state index in [0.29, 0.717) is 28.7 Å². The molecule has 0 radical (unpaired) electrons. The molecule has 0 saturated carbocycles. The summed E-state index contributed by atoms with van der Waals surface area (Å²) in [7, 11) is 1.58. The van der Waals surface area contributed by atoms with E-state index in [1.807, 2.05) is 34.5 Å². The molecule has 0 spiro atoms. The number of hydrogen-bond donors (Lipinski definition) is 2. The van der Waals surface area contributed by atoms with Crippen molar-refractivity contribution in [2.75, 3.05) is 18.6 Å². The van der Waals surface area contributed by atoms with Gasteiger partial charge in [-0.05, 0) is 47.5 Å². The van der Waals surface area contributed by atoms with Gasteiger partial charge in [0.1, 0.15) is 5.75 Å². The summed E-state index contributed by atoms with van der Waals surface area (Å²) in [5.74, 6) is -0.692. The van der Waals surface area contributed by atoms with Crippen LogP contribution in [-0.4, -0.2) is 41.8 Å². The quantitative estimate of drug-likeness (QED) is 0.215. The first-order chi connectivity index (χ1) is 19.1. The van der Waals surface area contributed by atoms with Crippen LogP contribution >= 0.6 is 11.3 Å². The Bertz CT molecular complexity index is 1450. The molecule has 11 heteroatoms. The average Bonchev–Trinajstić information content (AvgIpc) is 3.42. The number of anilines is 2. The molecule has 0 unspecified atom stereocenters. The maximum Gasteiger partial charge on any atom is 0.393 e. The molecule has 3 aromatic carbocycles. The number of carbonyl (C=O) groups excluding carboxylic acids is 1. The lowest BCUT2D eigenvalue weighted by Gasteiger charge is -2.23. The van der Waals surface area contributed by atoms with Crippen molar-refractivity contribution >= 4 is 34.0 Å². The minimum Gasteiger partial charge on any atom is -0.497 e. The Labute approximate surface area is 232 Å². The summed E-state index contributed by atoms with van der Waals surface area (Å²) in [5, 5.41) is 13.8. The van der Waals surface area contributed by atoms with E-state index in [1.165, 1.54) is 23.5 Å². The number of thiazole rings is 1. The van der Waals surface area contributed by atoms with Gasteiger partial charge in [0.25, 0.3) is 5.91 Å². The number of hydrogen-bond acceptors (Lipinski definition) is 6.